The molecule has 2 rings (SSSR count). The standard InChI is InChI=1S/C15H27N5O3.HI/c1-4-23-10-7-17-13(16-3)20-8-5-11(6-9-20)15(2)12(21)18-14(22)19-15;/h11H,4-10H2,1-3H3,(H,16,17)(H2,18,19,21,22);1H. The van der Waals surface area contributed by atoms with E-state index in [0.717, 1.165) is 38.4 Å². The maximum absolute atomic E-state index is 12.0. The second kappa shape index (κ2) is 9.40. The Morgan fingerprint density at radius 1 is 1.42 bits per heavy atom. The first-order valence-corrected chi connectivity index (χ1v) is 8.18. The highest BCUT2D eigenvalue weighted by Crippen LogP contribution is 2.30. The van der Waals surface area contributed by atoms with Gasteiger partial charge >= 0.3 is 6.03 Å². The van der Waals surface area contributed by atoms with Gasteiger partial charge in [-0.25, -0.2) is 4.79 Å². The number of carbonyl (C=O) groups excluding carboxylic acids is 2. The van der Waals surface area contributed by atoms with E-state index in [4.69, 9.17) is 4.74 Å². The van der Waals surface area contributed by atoms with E-state index in [1.165, 1.54) is 0 Å². The molecule has 0 spiro atoms. The molecular formula is C15H28IN5O3. The highest BCUT2D eigenvalue weighted by Gasteiger charge is 2.48. The topological polar surface area (TPSA) is 95.1 Å². The molecule has 24 heavy (non-hydrogen) atoms. The second-order valence-corrected chi connectivity index (χ2v) is 6.04. The van der Waals surface area contributed by atoms with Crippen molar-refractivity contribution >= 4 is 41.9 Å². The molecule has 138 valence electrons. The zero-order chi connectivity index (χ0) is 16.9. The van der Waals surface area contributed by atoms with Crippen molar-refractivity contribution in [3.63, 3.8) is 0 Å². The van der Waals surface area contributed by atoms with Gasteiger partial charge in [-0.1, -0.05) is 0 Å². The van der Waals surface area contributed by atoms with Crippen LogP contribution in [0, 0.1) is 5.92 Å². The molecule has 0 radical (unpaired) electrons. The fourth-order valence-electron chi connectivity index (χ4n) is 3.22. The Hall–Kier alpha value is -1.10. The summed E-state index contributed by atoms with van der Waals surface area (Å²) >= 11 is 0. The number of ether oxygens (including phenoxy) is 1. The minimum absolute atomic E-state index is 0. The lowest BCUT2D eigenvalue weighted by molar-refractivity contribution is -0.125. The van der Waals surface area contributed by atoms with Crippen LogP contribution in [0.3, 0.4) is 0 Å². The summed E-state index contributed by atoms with van der Waals surface area (Å²) in [5.74, 6) is 0.764. The maximum Gasteiger partial charge on any atom is 0.322 e. The van der Waals surface area contributed by atoms with Gasteiger partial charge in [0.05, 0.1) is 6.61 Å². The molecule has 0 aliphatic carbocycles. The molecule has 2 fully saturated rings. The van der Waals surface area contributed by atoms with Crippen LogP contribution in [0.4, 0.5) is 4.79 Å². The Morgan fingerprint density at radius 2 is 2.08 bits per heavy atom. The summed E-state index contributed by atoms with van der Waals surface area (Å²) in [6.07, 6.45) is 1.66. The van der Waals surface area contributed by atoms with Crippen LogP contribution in [-0.4, -0.2) is 68.2 Å². The van der Waals surface area contributed by atoms with Gasteiger partial charge in [0.15, 0.2) is 5.96 Å². The number of halogens is 1. The highest BCUT2D eigenvalue weighted by atomic mass is 127. The molecule has 2 saturated heterocycles. The van der Waals surface area contributed by atoms with Crippen LogP contribution in [0.2, 0.25) is 0 Å². The van der Waals surface area contributed by atoms with Crippen molar-refractivity contribution in [1.29, 1.82) is 0 Å². The quantitative estimate of drug-likeness (QED) is 0.186. The molecule has 3 N–H and O–H groups in total. The van der Waals surface area contributed by atoms with Crippen molar-refractivity contribution in [2.24, 2.45) is 10.9 Å². The Kier molecular flexibility index (Phi) is 8.20. The van der Waals surface area contributed by atoms with Gasteiger partial charge in [-0.05, 0) is 32.6 Å². The molecular weight excluding hydrogens is 425 g/mol. The van der Waals surface area contributed by atoms with Gasteiger partial charge in [0.2, 0.25) is 0 Å². The molecule has 2 aliphatic heterocycles. The van der Waals surface area contributed by atoms with E-state index < -0.39 is 11.6 Å². The highest BCUT2D eigenvalue weighted by molar-refractivity contribution is 14.0. The fourth-order valence-corrected chi connectivity index (χ4v) is 3.22. The van der Waals surface area contributed by atoms with Crippen LogP contribution >= 0.6 is 24.0 Å². The van der Waals surface area contributed by atoms with Gasteiger partial charge in [-0.2, -0.15) is 0 Å². The molecule has 0 aromatic heterocycles. The lowest BCUT2D eigenvalue weighted by Gasteiger charge is -2.39. The summed E-state index contributed by atoms with van der Waals surface area (Å²) in [6, 6.07) is -0.395. The number of nitrogens with one attached hydrogen (secondary N) is 3. The second-order valence-electron chi connectivity index (χ2n) is 6.04. The van der Waals surface area contributed by atoms with Crippen LogP contribution in [0.1, 0.15) is 26.7 Å². The number of likely N-dealkylation sites (tertiary alicyclic amines) is 1. The summed E-state index contributed by atoms with van der Waals surface area (Å²) in [5.41, 5.74) is -0.797. The number of carbonyl (C=O) groups is 2. The van der Waals surface area contributed by atoms with Crippen molar-refractivity contribution in [3.05, 3.63) is 0 Å². The van der Waals surface area contributed by atoms with E-state index in [0.29, 0.717) is 13.2 Å². The number of hydrogen-bond acceptors (Lipinski definition) is 4. The molecule has 0 aromatic rings. The number of urea groups is 1. The monoisotopic (exact) mass is 453 g/mol. The predicted octanol–water partition coefficient (Wildman–Crippen LogP) is 0.526. The molecule has 0 aromatic carbocycles. The summed E-state index contributed by atoms with van der Waals surface area (Å²) in [4.78, 5) is 29.9. The maximum atomic E-state index is 12.0. The number of imide groups is 1. The molecule has 1 atom stereocenters. The number of guanidine groups is 1. The number of nitrogens with zero attached hydrogens (tertiary/aromatic N) is 2. The van der Waals surface area contributed by atoms with E-state index >= 15 is 0 Å². The zero-order valence-electron chi connectivity index (χ0n) is 14.6. The van der Waals surface area contributed by atoms with Crippen molar-refractivity contribution in [3.8, 4) is 0 Å². The molecule has 9 heteroatoms. The summed E-state index contributed by atoms with van der Waals surface area (Å²) in [7, 11) is 1.76. The summed E-state index contributed by atoms with van der Waals surface area (Å²) in [5, 5.41) is 8.40. The minimum atomic E-state index is -0.797. The Balaban J connectivity index is 0.00000288. The van der Waals surface area contributed by atoms with E-state index in [1.807, 2.05) is 13.8 Å². The van der Waals surface area contributed by atoms with E-state index in [1.54, 1.807) is 7.05 Å². The van der Waals surface area contributed by atoms with Crippen LogP contribution < -0.4 is 16.0 Å². The lowest BCUT2D eigenvalue weighted by Crippen LogP contribution is -2.55. The van der Waals surface area contributed by atoms with Crippen LogP contribution in [-0.2, 0) is 9.53 Å². The van der Waals surface area contributed by atoms with Crippen molar-refractivity contribution in [2.75, 3.05) is 39.9 Å². The molecule has 8 nitrogen and oxygen atoms in total. The van der Waals surface area contributed by atoms with Gasteiger partial charge in [0.1, 0.15) is 5.54 Å². The number of rotatable bonds is 5. The van der Waals surface area contributed by atoms with Gasteiger partial charge in [0.25, 0.3) is 5.91 Å². The third-order valence-corrected chi connectivity index (χ3v) is 4.63. The van der Waals surface area contributed by atoms with Crippen molar-refractivity contribution in [1.82, 2.24) is 20.9 Å². The van der Waals surface area contributed by atoms with Gasteiger partial charge in [0, 0.05) is 33.3 Å². The van der Waals surface area contributed by atoms with Gasteiger partial charge in [-0.15, -0.1) is 24.0 Å². The molecule has 2 heterocycles. The first-order valence-electron chi connectivity index (χ1n) is 8.18. The van der Waals surface area contributed by atoms with E-state index in [2.05, 4.69) is 25.8 Å². The SMILES string of the molecule is CCOCCNC(=NC)N1CCC(C2(C)NC(=O)NC2=O)CC1.I. The lowest BCUT2D eigenvalue weighted by atomic mass is 9.79. The molecule has 0 bridgehead atoms. The minimum Gasteiger partial charge on any atom is -0.380 e. The third-order valence-electron chi connectivity index (χ3n) is 4.63. The predicted molar refractivity (Wildman–Crippen MR) is 103 cm³/mol. The number of aliphatic imine (C=N–C) groups is 1. The average Bonchev–Trinajstić information content (AvgIpc) is 2.81. The molecule has 2 aliphatic rings. The number of piperidine rings is 1. The third kappa shape index (κ3) is 4.71. The van der Waals surface area contributed by atoms with E-state index in [-0.39, 0.29) is 35.8 Å². The number of amides is 3. The van der Waals surface area contributed by atoms with E-state index in [9.17, 15) is 9.59 Å². The van der Waals surface area contributed by atoms with Crippen LogP contribution in [0.5, 0.6) is 0 Å². The van der Waals surface area contributed by atoms with Gasteiger partial charge in [-0.3, -0.25) is 15.1 Å². The normalized spacial score (nSPS) is 25.1. The first kappa shape index (κ1) is 20.9. The molecule has 0 saturated carbocycles. The number of hydrogen-bond donors (Lipinski definition) is 3. The molecule has 1 unspecified atom stereocenters. The average molecular weight is 453 g/mol. The van der Waals surface area contributed by atoms with Crippen LogP contribution in [0.15, 0.2) is 4.99 Å². The zero-order valence-corrected chi connectivity index (χ0v) is 16.9. The van der Waals surface area contributed by atoms with Crippen molar-refractivity contribution < 1.29 is 14.3 Å². The van der Waals surface area contributed by atoms with Crippen LogP contribution in [0.25, 0.3) is 0 Å². The smallest absolute Gasteiger partial charge is 0.322 e. The summed E-state index contributed by atoms with van der Waals surface area (Å²) < 4.78 is 5.31. The van der Waals surface area contributed by atoms with Gasteiger partial charge < -0.3 is 20.3 Å². The Labute approximate surface area is 160 Å². The Bertz CT molecular complexity index is 480. The Morgan fingerprint density at radius 3 is 2.58 bits per heavy atom. The first-order chi connectivity index (χ1) is 11.0. The largest absolute Gasteiger partial charge is 0.380 e. The summed E-state index contributed by atoms with van der Waals surface area (Å²) in [6.45, 7) is 7.46. The fraction of sp³-hybridized carbons (Fsp3) is 0.800. The van der Waals surface area contributed by atoms with Crippen molar-refractivity contribution in [2.45, 2.75) is 32.2 Å². The molecule has 3 amide bonds.